The highest BCUT2D eigenvalue weighted by Crippen LogP contribution is 2.34. The third-order valence-electron chi connectivity index (χ3n) is 3.06. The normalized spacial score (nSPS) is 12.7. The molecule has 1 atom stereocenters. The molecule has 0 aliphatic carbocycles. The lowest BCUT2D eigenvalue weighted by Gasteiger charge is -2.13. The minimum absolute atomic E-state index is 0.134. The first-order chi connectivity index (χ1) is 9.76. The van der Waals surface area contributed by atoms with Gasteiger partial charge in [0.15, 0.2) is 5.16 Å². The van der Waals surface area contributed by atoms with E-state index in [4.69, 9.17) is 17.3 Å². The number of nitrogens with zero attached hydrogens (tertiary/aromatic N) is 1. The van der Waals surface area contributed by atoms with Gasteiger partial charge < -0.3 is 10.7 Å². The van der Waals surface area contributed by atoms with E-state index in [0.717, 1.165) is 26.8 Å². The van der Waals surface area contributed by atoms with Crippen LogP contribution in [0.5, 0.6) is 0 Å². The van der Waals surface area contributed by atoms with Crippen molar-refractivity contribution in [3.63, 3.8) is 0 Å². The number of aromatic amines is 1. The van der Waals surface area contributed by atoms with Crippen LogP contribution in [-0.2, 0) is 0 Å². The Bertz CT molecular complexity index is 693. The van der Waals surface area contributed by atoms with Crippen molar-refractivity contribution < 1.29 is 0 Å². The van der Waals surface area contributed by atoms with Gasteiger partial charge in [0, 0.05) is 16.8 Å². The maximum Gasteiger partial charge on any atom is 0.167 e. The molecule has 0 saturated carbocycles. The average Bonchev–Trinajstić information content (AvgIpc) is 2.87. The van der Waals surface area contributed by atoms with E-state index >= 15 is 0 Å². The van der Waals surface area contributed by atoms with Crippen molar-refractivity contribution in [3.05, 3.63) is 59.1 Å². The highest BCUT2D eigenvalue weighted by atomic mass is 35.5. The third-order valence-corrected chi connectivity index (χ3v) is 4.46. The van der Waals surface area contributed by atoms with Crippen molar-refractivity contribution >= 4 is 34.4 Å². The molecule has 3 N–H and O–H groups in total. The second-order valence-electron chi connectivity index (χ2n) is 4.46. The second-order valence-corrected chi connectivity index (χ2v) is 6.08. The van der Waals surface area contributed by atoms with E-state index in [9.17, 15) is 0 Å². The average molecular weight is 304 g/mol. The number of hydrogen-bond acceptors (Lipinski definition) is 3. The summed E-state index contributed by atoms with van der Waals surface area (Å²) < 4.78 is 0. The van der Waals surface area contributed by atoms with Crippen LogP contribution in [-0.4, -0.2) is 16.5 Å². The number of nitrogens with one attached hydrogen (secondary N) is 1. The summed E-state index contributed by atoms with van der Waals surface area (Å²) in [7, 11) is 0. The SMILES string of the molecule is NCC(Sc1nc2ccccc2[nH]1)c1cccc(Cl)c1. The van der Waals surface area contributed by atoms with Crippen LogP contribution in [0.15, 0.2) is 53.7 Å². The van der Waals surface area contributed by atoms with Crippen LogP contribution in [0.1, 0.15) is 10.8 Å². The van der Waals surface area contributed by atoms with E-state index in [0.29, 0.717) is 6.54 Å². The van der Waals surface area contributed by atoms with Crippen molar-refractivity contribution in [1.82, 2.24) is 9.97 Å². The standard InChI is InChI=1S/C15H14ClN3S/c16-11-5-3-4-10(8-11)14(9-17)20-15-18-12-6-1-2-7-13(12)19-15/h1-8,14H,9,17H2,(H,18,19). The number of aromatic nitrogens is 2. The molecule has 3 nitrogen and oxygen atoms in total. The Balaban J connectivity index is 1.87. The number of nitrogens with two attached hydrogens (primary N) is 1. The Kier molecular flexibility index (Phi) is 3.96. The summed E-state index contributed by atoms with van der Waals surface area (Å²) >= 11 is 7.67. The fraction of sp³-hybridized carbons (Fsp3) is 0.133. The predicted octanol–water partition coefficient (Wildman–Crippen LogP) is 4.01. The number of thioether (sulfide) groups is 1. The van der Waals surface area contributed by atoms with Gasteiger partial charge in [0.2, 0.25) is 0 Å². The van der Waals surface area contributed by atoms with E-state index < -0.39 is 0 Å². The third kappa shape index (κ3) is 2.82. The van der Waals surface area contributed by atoms with Gasteiger partial charge in [-0.3, -0.25) is 0 Å². The van der Waals surface area contributed by atoms with Gasteiger partial charge in [-0.25, -0.2) is 4.98 Å². The first-order valence-electron chi connectivity index (χ1n) is 6.33. The van der Waals surface area contributed by atoms with Crippen molar-refractivity contribution in [1.29, 1.82) is 0 Å². The zero-order valence-electron chi connectivity index (χ0n) is 10.7. The number of H-pyrrole nitrogens is 1. The first-order valence-corrected chi connectivity index (χ1v) is 7.59. The Morgan fingerprint density at radius 2 is 2.05 bits per heavy atom. The van der Waals surface area contributed by atoms with Gasteiger partial charge in [-0.1, -0.05) is 47.6 Å². The number of rotatable bonds is 4. The molecule has 5 heteroatoms. The maximum absolute atomic E-state index is 6.04. The zero-order valence-corrected chi connectivity index (χ0v) is 12.3. The largest absolute Gasteiger partial charge is 0.333 e. The smallest absolute Gasteiger partial charge is 0.167 e. The number of imidazole rings is 1. The summed E-state index contributed by atoms with van der Waals surface area (Å²) in [6.45, 7) is 0.530. The molecule has 1 heterocycles. The summed E-state index contributed by atoms with van der Waals surface area (Å²) in [5.41, 5.74) is 9.02. The number of benzene rings is 2. The number of fused-ring (bicyclic) bond motifs is 1. The van der Waals surface area contributed by atoms with Crippen LogP contribution >= 0.6 is 23.4 Å². The quantitative estimate of drug-likeness (QED) is 0.716. The van der Waals surface area contributed by atoms with Crippen LogP contribution in [0.3, 0.4) is 0 Å². The van der Waals surface area contributed by atoms with Crippen LogP contribution in [0.4, 0.5) is 0 Å². The summed E-state index contributed by atoms with van der Waals surface area (Å²) in [5, 5.41) is 1.74. The first kappa shape index (κ1) is 13.5. The lowest BCUT2D eigenvalue weighted by molar-refractivity contribution is 0.929. The van der Waals surface area contributed by atoms with E-state index in [1.165, 1.54) is 0 Å². The molecule has 1 unspecified atom stereocenters. The fourth-order valence-electron chi connectivity index (χ4n) is 2.08. The molecule has 0 aliphatic rings. The van der Waals surface area contributed by atoms with Gasteiger partial charge in [0.1, 0.15) is 0 Å². The molecular weight excluding hydrogens is 290 g/mol. The Morgan fingerprint density at radius 1 is 1.20 bits per heavy atom. The predicted molar refractivity (Wildman–Crippen MR) is 85.2 cm³/mol. The van der Waals surface area contributed by atoms with Crippen molar-refractivity contribution in [2.45, 2.75) is 10.4 Å². The lowest BCUT2D eigenvalue weighted by Crippen LogP contribution is -2.09. The number of hydrogen-bond donors (Lipinski definition) is 2. The Morgan fingerprint density at radius 3 is 2.80 bits per heavy atom. The van der Waals surface area contributed by atoms with E-state index in [2.05, 4.69) is 9.97 Å². The maximum atomic E-state index is 6.04. The molecule has 20 heavy (non-hydrogen) atoms. The Hall–Kier alpha value is -1.49. The minimum atomic E-state index is 0.134. The zero-order chi connectivity index (χ0) is 13.9. The molecule has 102 valence electrons. The highest BCUT2D eigenvalue weighted by molar-refractivity contribution is 7.99. The van der Waals surface area contributed by atoms with Gasteiger partial charge >= 0.3 is 0 Å². The second kappa shape index (κ2) is 5.87. The van der Waals surface area contributed by atoms with Crippen LogP contribution in [0, 0.1) is 0 Å². The summed E-state index contributed by atoms with van der Waals surface area (Å²) in [5.74, 6) is 0. The molecule has 0 fully saturated rings. The summed E-state index contributed by atoms with van der Waals surface area (Å²) in [6.07, 6.45) is 0. The molecule has 0 bridgehead atoms. The molecule has 0 spiro atoms. The Labute approximate surface area is 126 Å². The monoisotopic (exact) mass is 303 g/mol. The van der Waals surface area contributed by atoms with Crippen LogP contribution in [0.2, 0.25) is 5.02 Å². The topological polar surface area (TPSA) is 54.7 Å². The molecular formula is C15H14ClN3S. The van der Waals surface area contributed by atoms with E-state index in [-0.39, 0.29) is 5.25 Å². The van der Waals surface area contributed by atoms with Crippen molar-refractivity contribution in [3.8, 4) is 0 Å². The fourth-order valence-corrected chi connectivity index (χ4v) is 3.25. The van der Waals surface area contributed by atoms with Crippen molar-refractivity contribution in [2.24, 2.45) is 5.73 Å². The van der Waals surface area contributed by atoms with Gasteiger partial charge in [-0.15, -0.1) is 0 Å². The minimum Gasteiger partial charge on any atom is -0.333 e. The molecule has 3 rings (SSSR count). The van der Waals surface area contributed by atoms with Crippen LogP contribution in [0.25, 0.3) is 11.0 Å². The van der Waals surface area contributed by atoms with Gasteiger partial charge in [0.05, 0.1) is 11.0 Å². The summed E-state index contributed by atoms with van der Waals surface area (Å²) in [6, 6.07) is 15.8. The van der Waals surface area contributed by atoms with Gasteiger partial charge in [0.25, 0.3) is 0 Å². The van der Waals surface area contributed by atoms with Crippen molar-refractivity contribution in [2.75, 3.05) is 6.54 Å². The van der Waals surface area contributed by atoms with E-state index in [1.807, 2.05) is 48.5 Å². The molecule has 2 aromatic carbocycles. The number of para-hydroxylation sites is 2. The molecule has 0 amide bonds. The molecule has 0 saturated heterocycles. The molecule has 0 aliphatic heterocycles. The lowest BCUT2D eigenvalue weighted by atomic mass is 10.1. The van der Waals surface area contributed by atoms with E-state index in [1.54, 1.807) is 11.8 Å². The van der Waals surface area contributed by atoms with Crippen LogP contribution < -0.4 is 5.73 Å². The van der Waals surface area contributed by atoms with Gasteiger partial charge in [-0.05, 0) is 29.8 Å². The molecule has 1 aromatic heterocycles. The van der Waals surface area contributed by atoms with Gasteiger partial charge in [-0.2, -0.15) is 0 Å². The molecule has 3 aromatic rings. The summed E-state index contributed by atoms with van der Waals surface area (Å²) in [4.78, 5) is 7.88. The molecule has 0 radical (unpaired) electrons. The number of halogens is 1. The highest BCUT2D eigenvalue weighted by Gasteiger charge is 2.14.